The van der Waals surface area contributed by atoms with E-state index in [9.17, 15) is 21.6 Å². The van der Waals surface area contributed by atoms with Crippen molar-refractivity contribution >= 4 is 22.5 Å². The molecule has 0 aliphatic heterocycles. The number of benzene rings is 2. The molecule has 0 aliphatic rings. The van der Waals surface area contributed by atoms with Crippen LogP contribution < -0.4 is 4.74 Å². The Kier molecular flexibility index (Phi) is 6.61. The van der Waals surface area contributed by atoms with Crippen LogP contribution in [-0.2, 0) is 22.9 Å². The molecule has 0 aliphatic carbocycles. The molecule has 0 amide bonds. The summed E-state index contributed by atoms with van der Waals surface area (Å²) in [6.45, 7) is 1.64. The van der Waals surface area contributed by atoms with Crippen molar-refractivity contribution in [2.24, 2.45) is 0 Å². The van der Waals surface area contributed by atoms with E-state index >= 15 is 0 Å². The van der Waals surface area contributed by atoms with E-state index < -0.39 is 21.9 Å². The van der Waals surface area contributed by atoms with E-state index in [4.69, 9.17) is 13.7 Å². The van der Waals surface area contributed by atoms with Crippen LogP contribution in [0.25, 0.3) is 11.5 Å². The largest absolute Gasteiger partial charge is 0.487 e. The third-order valence-electron chi connectivity index (χ3n) is 3.85. The number of aromatic nitrogens is 1. The second-order valence-electron chi connectivity index (χ2n) is 5.83. The van der Waals surface area contributed by atoms with E-state index in [-0.39, 0.29) is 29.8 Å². The fourth-order valence-corrected chi connectivity index (χ4v) is 2.83. The second kappa shape index (κ2) is 8.44. The highest BCUT2D eigenvalue weighted by Gasteiger charge is 2.30. The molecule has 0 fully saturated rings. The number of nitrogens with zero attached hydrogens (tertiary/aromatic N) is 1. The van der Waals surface area contributed by atoms with Crippen molar-refractivity contribution in [2.45, 2.75) is 24.6 Å². The van der Waals surface area contributed by atoms with Crippen LogP contribution in [0.2, 0.25) is 0 Å². The molecule has 2 aromatic carbocycles. The summed E-state index contributed by atoms with van der Waals surface area (Å²) >= 11 is 0. The van der Waals surface area contributed by atoms with Gasteiger partial charge in [-0.15, -0.1) is 12.4 Å². The van der Waals surface area contributed by atoms with Gasteiger partial charge < -0.3 is 9.15 Å². The number of halogens is 4. The van der Waals surface area contributed by atoms with Crippen LogP contribution in [0.15, 0.2) is 57.8 Å². The van der Waals surface area contributed by atoms with E-state index in [2.05, 4.69) is 4.98 Å². The molecule has 0 radical (unpaired) electrons. The molecule has 11 heteroatoms. The van der Waals surface area contributed by atoms with Crippen molar-refractivity contribution in [3.05, 3.63) is 65.5 Å². The summed E-state index contributed by atoms with van der Waals surface area (Å²) in [6.07, 6.45) is -4.42. The first kappa shape index (κ1) is 22.7. The number of rotatable bonds is 5. The van der Waals surface area contributed by atoms with Gasteiger partial charge in [0.1, 0.15) is 23.8 Å². The first-order valence-corrected chi connectivity index (χ1v) is 9.32. The van der Waals surface area contributed by atoms with Gasteiger partial charge >= 0.3 is 6.18 Å². The lowest BCUT2D eigenvalue weighted by atomic mass is 10.1. The van der Waals surface area contributed by atoms with E-state index in [0.29, 0.717) is 22.8 Å². The topological polar surface area (TPSA) is 89.6 Å². The van der Waals surface area contributed by atoms with Gasteiger partial charge in [0.15, 0.2) is 0 Å². The zero-order valence-corrected chi connectivity index (χ0v) is 16.4. The van der Waals surface area contributed by atoms with Crippen molar-refractivity contribution in [3.8, 4) is 17.2 Å². The Hall–Kier alpha value is -2.56. The number of oxazole rings is 1. The normalized spacial score (nSPS) is 11.8. The molecule has 3 rings (SSSR count). The van der Waals surface area contributed by atoms with Gasteiger partial charge in [0.05, 0.1) is 10.5 Å². The Bertz CT molecular complexity index is 1080. The second-order valence-corrected chi connectivity index (χ2v) is 7.25. The molecule has 1 heterocycles. The van der Waals surface area contributed by atoms with Crippen molar-refractivity contribution < 1.29 is 35.3 Å². The minimum Gasteiger partial charge on any atom is -0.487 e. The summed E-state index contributed by atoms with van der Waals surface area (Å²) in [4.78, 5) is 3.97. The van der Waals surface area contributed by atoms with Crippen molar-refractivity contribution in [1.29, 1.82) is 0 Å². The Morgan fingerprint density at radius 1 is 1.07 bits per heavy atom. The molecular formula is C18H15ClF3NO5S. The smallest absolute Gasteiger partial charge is 0.416 e. The number of ether oxygens (including phenoxy) is 1. The lowest BCUT2D eigenvalue weighted by molar-refractivity contribution is -0.137. The van der Waals surface area contributed by atoms with Gasteiger partial charge in [-0.1, -0.05) is 0 Å². The fourth-order valence-electron chi connectivity index (χ4n) is 2.35. The molecule has 0 atom stereocenters. The van der Waals surface area contributed by atoms with E-state index in [1.54, 1.807) is 6.92 Å². The zero-order valence-electron chi connectivity index (χ0n) is 14.8. The number of alkyl halides is 3. The molecule has 0 saturated heterocycles. The fraction of sp³-hybridized carbons (Fsp3) is 0.167. The van der Waals surface area contributed by atoms with Gasteiger partial charge in [-0.3, -0.25) is 4.55 Å². The lowest BCUT2D eigenvalue weighted by Crippen LogP contribution is -2.04. The number of hydrogen-bond acceptors (Lipinski definition) is 5. The SMILES string of the molecule is Cc1oc(-c2ccc(C(F)(F)F)cc2)nc1COc1ccc(S(=O)(=O)O)cc1.Cl. The first-order chi connectivity index (χ1) is 13.0. The summed E-state index contributed by atoms with van der Waals surface area (Å²) < 4.78 is 79.9. The van der Waals surface area contributed by atoms with Gasteiger partial charge in [-0.25, -0.2) is 4.98 Å². The van der Waals surface area contributed by atoms with Crippen LogP contribution in [-0.4, -0.2) is 18.0 Å². The zero-order chi connectivity index (χ0) is 20.5. The molecule has 3 aromatic rings. The Balaban J connectivity index is 0.00000300. The molecule has 1 aromatic heterocycles. The van der Waals surface area contributed by atoms with Crippen molar-refractivity contribution in [2.75, 3.05) is 0 Å². The molecule has 0 saturated carbocycles. The van der Waals surface area contributed by atoms with Crippen LogP contribution in [0.5, 0.6) is 5.75 Å². The predicted octanol–water partition coefficient (Wildman–Crippen LogP) is 4.92. The van der Waals surface area contributed by atoms with Gasteiger partial charge in [-0.2, -0.15) is 21.6 Å². The van der Waals surface area contributed by atoms with E-state index in [0.717, 1.165) is 12.1 Å². The monoisotopic (exact) mass is 449 g/mol. The highest BCUT2D eigenvalue weighted by molar-refractivity contribution is 7.85. The van der Waals surface area contributed by atoms with E-state index in [1.807, 2.05) is 0 Å². The van der Waals surface area contributed by atoms with Gasteiger partial charge in [0.25, 0.3) is 10.1 Å². The molecule has 29 heavy (non-hydrogen) atoms. The van der Waals surface area contributed by atoms with E-state index in [1.165, 1.54) is 36.4 Å². The average molecular weight is 450 g/mol. The molecular weight excluding hydrogens is 435 g/mol. The van der Waals surface area contributed by atoms with Gasteiger partial charge in [0.2, 0.25) is 5.89 Å². The Labute approximate surface area is 170 Å². The minimum absolute atomic E-state index is 0. The summed E-state index contributed by atoms with van der Waals surface area (Å²) in [5.74, 6) is 0.932. The Morgan fingerprint density at radius 3 is 2.17 bits per heavy atom. The molecule has 0 unspecified atom stereocenters. The molecule has 0 bridgehead atoms. The maximum Gasteiger partial charge on any atom is 0.416 e. The predicted molar refractivity (Wildman–Crippen MR) is 99.5 cm³/mol. The highest BCUT2D eigenvalue weighted by atomic mass is 35.5. The minimum atomic E-state index is -4.42. The third-order valence-corrected chi connectivity index (χ3v) is 4.72. The molecule has 0 spiro atoms. The van der Waals surface area contributed by atoms with Crippen molar-refractivity contribution in [3.63, 3.8) is 0 Å². The van der Waals surface area contributed by atoms with Crippen LogP contribution in [0, 0.1) is 6.92 Å². The first-order valence-electron chi connectivity index (χ1n) is 7.88. The van der Waals surface area contributed by atoms with Crippen LogP contribution >= 0.6 is 12.4 Å². The lowest BCUT2D eigenvalue weighted by Gasteiger charge is -2.06. The standard InChI is InChI=1S/C18H14F3NO5S.ClH/c1-11-16(10-26-14-6-8-15(9-7-14)28(23,24)25)22-17(27-11)12-2-4-13(5-3-12)18(19,20)21;/h2-9H,10H2,1H3,(H,23,24,25);1H. The quantitative estimate of drug-likeness (QED) is 0.556. The third kappa shape index (κ3) is 5.49. The van der Waals surface area contributed by atoms with Crippen LogP contribution in [0.4, 0.5) is 13.2 Å². The summed E-state index contributed by atoms with van der Waals surface area (Å²) in [6, 6.07) is 9.55. The van der Waals surface area contributed by atoms with Gasteiger partial charge in [-0.05, 0) is 55.5 Å². The maximum atomic E-state index is 12.6. The van der Waals surface area contributed by atoms with Crippen LogP contribution in [0.3, 0.4) is 0 Å². The molecule has 6 nitrogen and oxygen atoms in total. The maximum absolute atomic E-state index is 12.6. The highest BCUT2D eigenvalue weighted by Crippen LogP contribution is 2.31. The molecule has 1 N–H and O–H groups in total. The van der Waals surface area contributed by atoms with Crippen molar-refractivity contribution in [1.82, 2.24) is 4.98 Å². The van der Waals surface area contributed by atoms with Crippen LogP contribution in [0.1, 0.15) is 17.0 Å². The Morgan fingerprint density at radius 2 is 1.66 bits per heavy atom. The summed E-state index contributed by atoms with van der Waals surface area (Å²) in [5.41, 5.74) is 0.0602. The number of aryl methyl sites for hydroxylation is 1. The van der Waals surface area contributed by atoms with Gasteiger partial charge in [0, 0.05) is 5.56 Å². The average Bonchev–Trinajstić information content (AvgIpc) is 3.00. The number of hydrogen-bond donors (Lipinski definition) is 1. The molecule has 156 valence electrons. The summed E-state index contributed by atoms with van der Waals surface area (Å²) in [7, 11) is -4.29. The summed E-state index contributed by atoms with van der Waals surface area (Å²) in [5, 5.41) is 0.